The number of aromatic nitrogens is 1. The second-order valence-electron chi connectivity index (χ2n) is 6.53. The highest BCUT2D eigenvalue weighted by Crippen LogP contribution is 2.31. The van der Waals surface area contributed by atoms with Crippen molar-refractivity contribution in [1.82, 2.24) is 10.3 Å². The fourth-order valence-electron chi connectivity index (χ4n) is 2.92. The Balaban J connectivity index is 1.96. The molecule has 6 nitrogen and oxygen atoms in total. The van der Waals surface area contributed by atoms with Crippen LogP contribution in [0.1, 0.15) is 22.8 Å². The van der Waals surface area contributed by atoms with E-state index in [1.165, 1.54) is 12.1 Å². The van der Waals surface area contributed by atoms with Crippen LogP contribution < -0.4 is 10.6 Å². The minimum absolute atomic E-state index is 0.0163. The van der Waals surface area contributed by atoms with Crippen molar-refractivity contribution in [2.45, 2.75) is 13.5 Å². The van der Waals surface area contributed by atoms with E-state index in [1.807, 2.05) is 0 Å². The number of pyridine rings is 1. The maximum Gasteiger partial charge on any atom is 0.257 e. The molecule has 32 heavy (non-hydrogen) atoms. The summed E-state index contributed by atoms with van der Waals surface area (Å²) in [4.78, 5) is 16.0. The van der Waals surface area contributed by atoms with Crippen LogP contribution in [0.25, 0.3) is 11.3 Å². The maximum atomic E-state index is 14.4. The molecule has 166 valence electrons. The van der Waals surface area contributed by atoms with E-state index in [0.717, 1.165) is 24.3 Å². The van der Waals surface area contributed by atoms with E-state index in [-0.39, 0.29) is 41.4 Å². The van der Waals surface area contributed by atoms with Crippen LogP contribution in [0.4, 0.5) is 29.1 Å². The Morgan fingerprint density at radius 2 is 1.72 bits per heavy atom. The fourth-order valence-corrected chi connectivity index (χ4v) is 3.14. The summed E-state index contributed by atoms with van der Waals surface area (Å²) in [5.41, 5.74) is 6.53. The van der Waals surface area contributed by atoms with Crippen molar-refractivity contribution < 1.29 is 22.4 Å². The number of carbonyl (C=O) groups is 1. The zero-order valence-electron chi connectivity index (χ0n) is 16.6. The molecule has 1 aromatic heterocycles. The number of amides is 1. The van der Waals surface area contributed by atoms with Gasteiger partial charge in [0.25, 0.3) is 5.91 Å². The lowest BCUT2D eigenvalue weighted by Gasteiger charge is -2.13. The van der Waals surface area contributed by atoms with Crippen molar-refractivity contribution in [2.24, 2.45) is 5.11 Å². The van der Waals surface area contributed by atoms with Crippen molar-refractivity contribution >= 4 is 29.0 Å². The molecule has 0 fully saturated rings. The van der Waals surface area contributed by atoms with E-state index in [2.05, 4.69) is 20.7 Å². The van der Waals surface area contributed by atoms with Gasteiger partial charge in [-0.3, -0.25) is 4.79 Å². The van der Waals surface area contributed by atoms with Gasteiger partial charge in [0.2, 0.25) is 0 Å². The molecule has 3 rings (SSSR count). The van der Waals surface area contributed by atoms with Gasteiger partial charge in [-0.25, -0.2) is 28.1 Å². The predicted octanol–water partition coefficient (Wildman–Crippen LogP) is 5.98. The average molecular weight is 466 g/mol. The second kappa shape index (κ2) is 9.73. The van der Waals surface area contributed by atoms with E-state index in [0.29, 0.717) is 0 Å². The normalized spacial score (nSPS) is 10.7. The third-order valence-corrected chi connectivity index (χ3v) is 4.88. The summed E-state index contributed by atoms with van der Waals surface area (Å²) in [5.74, 6) is -4.63. The number of anilines is 1. The highest BCUT2D eigenvalue weighted by molar-refractivity contribution is 6.31. The summed E-state index contributed by atoms with van der Waals surface area (Å²) in [6.07, 6.45) is 0. The number of halogens is 5. The largest absolute Gasteiger partial charge is 0.364 e. The van der Waals surface area contributed by atoms with Crippen LogP contribution in [-0.2, 0) is 6.54 Å². The van der Waals surface area contributed by atoms with Gasteiger partial charge in [0, 0.05) is 24.2 Å². The molecule has 0 aliphatic carbocycles. The lowest BCUT2D eigenvalue weighted by molar-refractivity contribution is 0.0947. The topological polar surface area (TPSA) is 90.2 Å². The van der Waals surface area contributed by atoms with Crippen LogP contribution in [0.5, 0.6) is 0 Å². The molecule has 1 amide bonds. The van der Waals surface area contributed by atoms with Crippen LogP contribution in [0.15, 0.2) is 41.5 Å². The standard InChI is InChI=1S/C21H16ClF4N5O/c1-2-28-21(32)18-14(25)7-10(8-15(18)26)16-5-6-17(31-27)20(30-16)29-9-11-12(23)3-4-13(24)19(11)22/h3-8,27H,2,9H2,1H3,(H,28,32)(H,29,30). The van der Waals surface area contributed by atoms with Gasteiger partial charge < -0.3 is 10.6 Å². The van der Waals surface area contributed by atoms with Gasteiger partial charge in [-0.2, -0.15) is 5.11 Å². The molecule has 0 bridgehead atoms. The third-order valence-electron chi connectivity index (χ3n) is 4.47. The molecule has 11 heteroatoms. The van der Waals surface area contributed by atoms with Crippen molar-refractivity contribution in [2.75, 3.05) is 11.9 Å². The number of hydrogen-bond acceptors (Lipinski definition) is 5. The van der Waals surface area contributed by atoms with Crippen LogP contribution in [0.2, 0.25) is 5.02 Å². The van der Waals surface area contributed by atoms with Crippen molar-refractivity contribution in [3.05, 3.63) is 75.8 Å². The molecule has 0 unspecified atom stereocenters. The summed E-state index contributed by atoms with van der Waals surface area (Å²) < 4.78 is 56.5. The molecule has 1 heterocycles. The molecule has 0 aliphatic rings. The molecule has 0 spiro atoms. The minimum Gasteiger partial charge on any atom is -0.364 e. The summed E-state index contributed by atoms with van der Waals surface area (Å²) in [6, 6.07) is 6.42. The van der Waals surface area contributed by atoms with E-state index in [4.69, 9.17) is 17.1 Å². The van der Waals surface area contributed by atoms with E-state index < -0.39 is 39.8 Å². The average Bonchev–Trinajstić information content (AvgIpc) is 2.76. The molecule has 0 atom stereocenters. The molecule has 0 aliphatic heterocycles. The number of nitrogens with one attached hydrogen (secondary N) is 3. The first-order valence-electron chi connectivity index (χ1n) is 9.29. The number of hydrogen-bond donors (Lipinski definition) is 3. The Hall–Kier alpha value is -3.53. The summed E-state index contributed by atoms with van der Waals surface area (Å²) in [6.45, 7) is 1.52. The molecule has 0 saturated carbocycles. The van der Waals surface area contributed by atoms with E-state index >= 15 is 0 Å². The van der Waals surface area contributed by atoms with E-state index in [1.54, 1.807) is 6.92 Å². The zero-order valence-corrected chi connectivity index (χ0v) is 17.3. The van der Waals surface area contributed by atoms with Gasteiger partial charge >= 0.3 is 0 Å². The smallest absolute Gasteiger partial charge is 0.257 e. The van der Waals surface area contributed by atoms with Crippen molar-refractivity contribution in [1.29, 1.82) is 5.53 Å². The molecule has 3 aromatic rings. The minimum atomic E-state index is -1.08. The summed E-state index contributed by atoms with van der Waals surface area (Å²) in [7, 11) is 0. The highest BCUT2D eigenvalue weighted by atomic mass is 35.5. The SMILES string of the molecule is CCNC(=O)c1c(F)cc(-c2ccc(N=N)c(NCc3c(F)ccc(F)c3Cl)n2)cc1F. The first-order chi connectivity index (χ1) is 15.3. The van der Waals surface area contributed by atoms with Crippen molar-refractivity contribution in [3.63, 3.8) is 0 Å². The van der Waals surface area contributed by atoms with Crippen LogP contribution >= 0.6 is 11.6 Å². The van der Waals surface area contributed by atoms with Crippen molar-refractivity contribution in [3.8, 4) is 11.3 Å². The van der Waals surface area contributed by atoms with Crippen LogP contribution in [-0.4, -0.2) is 17.4 Å². The molecule has 0 radical (unpaired) electrons. The number of rotatable bonds is 7. The lowest BCUT2D eigenvalue weighted by Crippen LogP contribution is -2.25. The van der Waals surface area contributed by atoms with Gasteiger partial charge in [-0.05, 0) is 43.3 Å². The Kier molecular flexibility index (Phi) is 7.04. The highest BCUT2D eigenvalue weighted by Gasteiger charge is 2.20. The molecule has 2 aromatic carbocycles. The Labute approximate surface area is 185 Å². The van der Waals surface area contributed by atoms with Crippen LogP contribution in [0, 0.1) is 28.8 Å². The Bertz CT molecular complexity index is 1180. The van der Waals surface area contributed by atoms with Gasteiger partial charge in [0.05, 0.1) is 10.7 Å². The van der Waals surface area contributed by atoms with E-state index in [9.17, 15) is 22.4 Å². The summed E-state index contributed by atoms with van der Waals surface area (Å²) in [5, 5.41) is 7.92. The Morgan fingerprint density at radius 3 is 2.34 bits per heavy atom. The monoisotopic (exact) mass is 465 g/mol. The quantitative estimate of drug-likeness (QED) is 0.228. The zero-order chi connectivity index (χ0) is 23.4. The lowest BCUT2D eigenvalue weighted by atomic mass is 10.1. The van der Waals surface area contributed by atoms with Gasteiger partial charge in [0.15, 0.2) is 5.82 Å². The number of nitrogens with zero attached hydrogens (tertiary/aromatic N) is 2. The number of carbonyl (C=O) groups excluding carboxylic acids is 1. The first kappa shape index (κ1) is 23.1. The predicted molar refractivity (Wildman–Crippen MR) is 111 cm³/mol. The molecule has 3 N–H and O–H groups in total. The van der Waals surface area contributed by atoms with Gasteiger partial charge in [-0.1, -0.05) is 11.6 Å². The third kappa shape index (κ3) is 4.70. The molecule has 0 saturated heterocycles. The van der Waals surface area contributed by atoms with Gasteiger partial charge in [0.1, 0.15) is 34.5 Å². The fraction of sp³-hybridized carbons (Fsp3) is 0.143. The molecular weight excluding hydrogens is 450 g/mol. The maximum absolute atomic E-state index is 14.4. The van der Waals surface area contributed by atoms with Gasteiger partial charge in [-0.15, -0.1) is 0 Å². The number of benzene rings is 2. The van der Waals surface area contributed by atoms with Crippen LogP contribution in [0.3, 0.4) is 0 Å². The molecular formula is C21H16ClF4N5O. The Morgan fingerprint density at radius 1 is 1.06 bits per heavy atom. The summed E-state index contributed by atoms with van der Waals surface area (Å²) >= 11 is 5.81. The first-order valence-corrected chi connectivity index (χ1v) is 9.67. The second-order valence-corrected chi connectivity index (χ2v) is 6.90.